The van der Waals surface area contributed by atoms with Gasteiger partial charge in [0.15, 0.2) is 9.84 Å². The van der Waals surface area contributed by atoms with Gasteiger partial charge in [-0.05, 0) is 0 Å². The van der Waals surface area contributed by atoms with Crippen molar-refractivity contribution in [1.29, 1.82) is 0 Å². The van der Waals surface area contributed by atoms with Crippen LogP contribution in [0.3, 0.4) is 0 Å². The zero-order chi connectivity index (χ0) is 9.47. The molecule has 0 saturated carbocycles. The van der Waals surface area contributed by atoms with Gasteiger partial charge in [0.1, 0.15) is 5.01 Å². The molecule has 0 bridgehead atoms. The molecule has 1 aromatic rings. The molecular formula is C7H9NO3S2. The molecule has 2 heterocycles. The minimum absolute atomic E-state index is 0.0972. The minimum Gasteiger partial charge on any atom is -0.389 e. The summed E-state index contributed by atoms with van der Waals surface area (Å²) in [5.41, 5.74) is 0.851. The molecule has 0 radical (unpaired) electrons. The Morgan fingerprint density at radius 3 is 3.00 bits per heavy atom. The molecule has 13 heavy (non-hydrogen) atoms. The number of nitrogens with zero attached hydrogens (tertiary/aromatic N) is 1. The lowest BCUT2D eigenvalue weighted by Crippen LogP contribution is -2.17. The Kier molecular flexibility index (Phi) is 2.13. The summed E-state index contributed by atoms with van der Waals surface area (Å²) in [6.45, 7) is -0.0995. The molecule has 0 fully saturated rings. The van der Waals surface area contributed by atoms with Gasteiger partial charge in [-0.25, -0.2) is 13.4 Å². The zero-order valence-corrected chi connectivity index (χ0v) is 8.49. The monoisotopic (exact) mass is 219 g/mol. The van der Waals surface area contributed by atoms with Crippen LogP contribution >= 0.6 is 11.3 Å². The maximum Gasteiger partial charge on any atom is 0.155 e. The minimum atomic E-state index is -2.90. The maximum atomic E-state index is 11.2. The molecule has 72 valence electrons. The molecule has 0 amide bonds. The number of sulfone groups is 1. The molecule has 0 unspecified atom stereocenters. The highest BCUT2D eigenvalue weighted by Gasteiger charge is 2.24. The summed E-state index contributed by atoms with van der Waals surface area (Å²) in [4.78, 5) is 4.94. The Balaban J connectivity index is 2.40. The van der Waals surface area contributed by atoms with E-state index in [4.69, 9.17) is 5.11 Å². The molecule has 0 saturated heterocycles. The van der Waals surface area contributed by atoms with Gasteiger partial charge in [0.05, 0.1) is 23.8 Å². The second-order valence-electron chi connectivity index (χ2n) is 2.98. The molecule has 1 aromatic heterocycles. The van der Waals surface area contributed by atoms with Crippen LogP contribution < -0.4 is 0 Å². The van der Waals surface area contributed by atoms with Crippen molar-refractivity contribution < 1.29 is 13.5 Å². The summed E-state index contributed by atoms with van der Waals surface area (Å²) >= 11 is 1.30. The van der Waals surface area contributed by atoms with Gasteiger partial charge in [0.2, 0.25) is 0 Å². The highest BCUT2D eigenvalue weighted by Crippen LogP contribution is 2.26. The number of aromatic nitrogens is 1. The average molecular weight is 219 g/mol. The fourth-order valence-corrected chi connectivity index (χ4v) is 4.10. The first-order valence-corrected chi connectivity index (χ1v) is 6.53. The van der Waals surface area contributed by atoms with Gasteiger partial charge in [-0.2, -0.15) is 0 Å². The molecule has 1 aliphatic heterocycles. The maximum absolute atomic E-state index is 11.2. The van der Waals surface area contributed by atoms with Crippen molar-refractivity contribution in [2.45, 2.75) is 18.8 Å². The van der Waals surface area contributed by atoms with E-state index in [9.17, 15) is 8.42 Å². The highest BCUT2D eigenvalue weighted by molar-refractivity contribution is 7.90. The van der Waals surface area contributed by atoms with E-state index >= 15 is 0 Å². The van der Waals surface area contributed by atoms with Crippen LogP contribution in [0.1, 0.15) is 15.6 Å². The van der Waals surface area contributed by atoms with E-state index < -0.39 is 9.84 Å². The number of thiazole rings is 1. The molecule has 0 aromatic carbocycles. The first kappa shape index (κ1) is 9.11. The van der Waals surface area contributed by atoms with Gasteiger partial charge >= 0.3 is 0 Å². The number of aryl methyl sites for hydroxylation is 1. The van der Waals surface area contributed by atoms with E-state index in [0.717, 1.165) is 10.6 Å². The number of aliphatic hydroxyl groups is 1. The van der Waals surface area contributed by atoms with E-state index in [1.54, 1.807) is 0 Å². The lowest BCUT2D eigenvalue weighted by atomic mass is 10.3. The van der Waals surface area contributed by atoms with Gasteiger partial charge in [-0.3, -0.25) is 0 Å². The van der Waals surface area contributed by atoms with E-state index in [1.165, 1.54) is 11.3 Å². The molecule has 4 nitrogen and oxygen atoms in total. The lowest BCUT2D eigenvalue weighted by molar-refractivity contribution is 0.281. The number of rotatable bonds is 1. The first-order valence-electron chi connectivity index (χ1n) is 3.89. The van der Waals surface area contributed by atoms with E-state index in [1.807, 2.05) is 0 Å². The second kappa shape index (κ2) is 3.04. The lowest BCUT2D eigenvalue weighted by Gasteiger charge is -2.09. The predicted molar refractivity (Wildman–Crippen MR) is 49.2 cm³/mol. The van der Waals surface area contributed by atoms with Crippen LogP contribution in [0, 0.1) is 0 Å². The van der Waals surface area contributed by atoms with Gasteiger partial charge in [0.25, 0.3) is 0 Å². The molecule has 2 rings (SSSR count). The van der Waals surface area contributed by atoms with Crippen LogP contribution in [0.2, 0.25) is 0 Å². The van der Waals surface area contributed by atoms with Crippen molar-refractivity contribution in [3.63, 3.8) is 0 Å². The zero-order valence-electron chi connectivity index (χ0n) is 6.86. The first-order chi connectivity index (χ1) is 6.11. The normalized spacial score (nSPS) is 19.8. The molecule has 0 spiro atoms. The average Bonchev–Trinajstić information content (AvgIpc) is 2.44. The van der Waals surface area contributed by atoms with Crippen molar-refractivity contribution >= 4 is 21.2 Å². The summed E-state index contributed by atoms with van der Waals surface area (Å²) in [5.74, 6) is 0.286. The number of hydrogen-bond donors (Lipinski definition) is 1. The Bertz CT molecular complexity index is 421. The van der Waals surface area contributed by atoms with Crippen molar-refractivity contribution in [1.82, 2.24) is 4.98 Å². The summed E-state index contributed by atoms with van der Waals surface area (Å²) in [6.07, 6.45) is 0.494. The molecule has 0 aliphatic carbocycles. The van der Waals surface area contributed by atoms with Crippen LogP contribution in [0.4, 0.5) is 0 Å². The summed E-state index contributed by atoms with van der Waals surface area (Å²) in [5, 5.41) is 9.43. The van der Waals surface area contributed by atoms with E-state index in [0.29, 0.717) is 11.4 Å². The Hall–Kier alpha value is -0.460. The topological polar surface area (TPSA) is 67.3 Å². The van der Waals surface area contributed by atoms with Crippen molar-refractivity contribution in [2.75, 3.05) is 5.75 Å². The fraction of sp³-hybridized carbons (Fsp3) is 0.571. The summed E-state index contributed by atoms with van der Waals surface area (Å²) < 4.78 is 22.5. The SMILES string of the molecule is O=S1(=O)CCc2nc(CO)sc2C1. The third-order valence-corrected chi connectivity index (χ3v) is 4.78. The van der Waals surface area contributed by atoms with Crippen molar-refractivity contribution in [3.05, 3.63) is 15.6 Å². The molecular weight excluding hydrogens is 210 g/mol. The Morgan fingerprint density at radius 1 is 1.54 bits per heavy atom. The quantitative estimate of drug-likeness (QED) is 0.727. The van der Waals surface area contributed by atoms with Gasteiger partial charge in [-0.1, -0.05) is 0 Å². The number of aliphatic hydroxyl groups excluding tert-OH is 1. The largest absolute Gasteiger partial charge is 0.389 e. The van der Waals surface area contributed by atoms with Crippen LogP contribution in [0.5, 0.6) is 0 Å². The smallest absolute Gasteiger partial charge is 0.155 e. The van der Waals surface area contributed by atoms with Gasteiger partial charge < -0.3 is 5.11 Å². The third kappa shape index (κ3) is 1.74. The van der Waals surface area contributed by atoms with E-state index in [-0.39, 0.29) is 18.1 Å². The fourth-order valence-electron chi connectivity index (χ4n) is 1.34. The van der Waals surface area contributed by atoms with Crippen LogP contribution in [0.15, 0.2) is 0 Å². The molecule has 1 N–H and O–H groups in total. The van der Waals surface area contributed by atoms with Gasteiger partial charge in [0, 0.05) is 11.3 Å². The van der Waals surface area contributed by atoms with E-state index in [2.05, 4.69) is 4.98 Å². The van der Waals surface area contributed by atoms with Crippen LogP contribution in [-0.2, 0) is 28.6 Å². The summed E-state index contributed by atoms with van der Waals surface area (Å²) in [6, 6.07) is 0. The number of hydrogen-bond acceptors (Lipinski definition) is 5. The summed E-state index contributed by atoms with van der Waals surface area (Å²) in [7, 11) is -2.90. The van der Waals surface area contributed by atoms with Crippen LogP contribution in [-0.4, -0.2) is 24.3 Å². The predicted octanol–water partition coefficient (Wildman–Crippen LogP) is 0.106. The molecule has 1 aliphatic rings. The molecule has 6 heteroatoms. The van der Waals surface area contributed by atoms with Crippen molar-refractivity contribution in [3.8, 4) is 0 Å². The van der Waals surface area contributed by atoms with Crippen LogP contribution in [0.25, 0.3) is 0 Å². The highest BCUT2D eigenvalue weighted by atomic mass is 32.2. The number of fused-ring (bicyclic) bond motifs is 1. The Labute approximate surface area is 80.2 Å². The third-order valence-electron chi connectivity index (χ3n) is 1.96. The Morgan fingerprint density at radius 2 is 2.31 bits per heavy atom. The van der Waals surface area contributed by atoms with Crippen molar-refractivity contribution in [2.24, 2.45) is 0 Å². The standard InChI is InChI=1S/C7H9NO3S2/c9-3-7-8-5-1-2-13(10,11)4-6(5)12-7/h9H,1-4H2. The second-order valence-corrected chi connectivity index (χ2v) is 6.33. The molecule has 0 atom stereocenters. The van der Waals surface area contributed by atoms with Gasteiger partial charge in [-0.15, -0.1) is 11.3 Å².